The SMILES string of the molecule is CCCN(CC(=O)Nc1ccccc1C)C(=O)CCc1c(C)nn(CCC#N)c1C. The Morgan fingerprint density at radius 1 is 1.23 bits per heavy atom. The summed E-state index contributed by atoms with van der Waals surface area (Å²) in [4.78, 5) is 27.0. The number of rotatable bonds is 10. The summed E-state index contributed by atoms with van der Waals surface area (Å²) in [6.07, 6.45) is 2.08. The Kier molecular flexibility index (Phi) is 8.60. The molecule has 0 spiro atoms. The molecule has 2 rings (SSSR count). The predicted octanol–water partition coefficient (Wildman–Crippen LogP) is 3.53. The van der Waals surface area contributed by atoms with Gasteiger partial charge in [0.05, 0.1) is 31.3 Å². The Hall–Kier alpha value is -3.14. The third-order valence-electron chi connectivity index (χ3n) is 5.16. The number of hydrogen-bond donors (Lipinski definition) is 1. The maximum absolute atomic E-state index is 12.8. The molecule has 1 heterocycles. The van der Waals surface area contributed by atoms with E-state index in [9.17, 15) is 9.59 Å². The first-order chi connectivity index (χ1) is 14.4. The van der Waals surface area contributed by atoms with Crippen molar-refractivity contribution in [2.75, 3.05) is 18.4 Å². The minimum absolute atomic E-state index is 0.0413. The van der Waals surface area contributed by atoms with E-state index in [4.69, 9.17) is 5.26 Å². The molecule has 2 amide bonds. The number of aryl methyl sites for hydroxylation is 3. The van der Waals surface area contributed by atoms with Gasteiger partial charge in [0, 0.05) is 24.3 Å². The normalized spacial score (nSPS) is 10.5. The van der Waals surface area contributed by atoms with Crippen molar-refractivity contribution >= 4 is 17.5 Å². The molecule has 0 unspecified atom stereocenters. The van der Waals surface area contributed by atoms with Gasteiger partial charge >= 0.3 is 0 Å². The van der Waals surface area contributed by atoms with Crippen molar-refractivity contribution in [2.45, 2.75) is 59.9 Å². The lowest BCUT2D eigenvalue weighted by Gasteiger charge is -2.22. The molecule has 1 N–H and O–H groups in total. The summed E-state index contributed by atoms with van der Waals surface area (Å²) in [5.41, 5.74) is 4.68. The van der Waals surface area contributed by atoms with Crippen molar-refractivity contribution in [3.8, 4) is 6.07 Å². The minimum Gasteiger partial charge on any atom is -0.333 e. The van der Waals surface area contributed by atoms with Crippen molar-refractivity contribution in [1.29, 1.82) is 5.26 Å². The number of anilines is 1. The van der Waals surface area contributed by atoms with E-state index in [1.165, 1.54) is 0 Å². The van der Waals surface area contributed by atoms with Gasteiger partial charge in [-0.3, -0.25) is 14.3 Å². The highest BCUT2D eigenvalue weighted by molar-refractivity contribution is 5.95. The molecule has 30 heavy (non-hydrogen) atoms. The zero-order chi connectivity index (χ0) is 22.1. The molecule has 2 aromatic rings. The van der Waals surface area contributed by atoms with Crippen LogP contribution in [0, 0.1) is 32.1 Å². The highest BCUT2D eigenvalue weighted by atomic mass is 16.2. The first-order valence-corrected chi connectivity index (χ1v) is 10.4. The summed E-state index contributed by atoms with van der Waals surface area (Å²) in [6, 6.07) is 9.72. The van der Waals surface area contributed by atoms with E-state index in [1.807, 2.05) is 56.6 Å². The maximum atomic E-state index is 12.8. The molecule has 0 radical (unpaired) electrons. The largest absolute Gasteiger partial charge is 0.333 e. The van der Waals surface area contributed by atoms with Gasteiger partial charge in [0.2, 0.25) is 11.8 Å². The lowest BCUT2D eigenvalue weighted by molar-refractivity contribution is -0.134. The predicted molar refractivity (Wildman–Crippen MR) is 117 cm³/mol. The number of benzene rings is 1. The van der Waals surface area contributed by atoms with Crippen LogP contribution in [0.2, 0.25) is 0 Å². The van der Waals surface area contributed by atoms with Gasteiger partial charge in [-0.05, 0) is 50.8 Å². The van der Waals surface area contributed by atoms with Gasteiger partial charge in [0.15, 0.2) is 0 Å². The van der Waals surface area contributed by atoms with Gasteiger partial charge in [-0.1, -0.05) is 25.1 Å². The number of nitrogens with one attached hydrogen (secondary N) is 1. The van der Waals surface area contributed by atoms with Gasteiger partial charge in [0.25, 0.3) is 0 Å². The lowest BCUT2D eigenvalue weighted by Crippen LogP contribution is -2.38. The second-order valence-corrected chi connectivity index (χ2v) is 7.46. The van der Waals surface area contributed by atoms with E-state index in [-0.39, 0.29) is 18.4 Å². The molecule has 0 aliphatic rings. The molecule has 160 valence electrons. The van der Waals surface area contributed by atoms with Gasteiger partial charge in [0.1, 0.15) is 0 Å². The summed E-state index contributed by atoms with van der Waals surface area (Å²) < 4.78 is 1.83. The summed E-state index contributed by atoms with van der Waals surface area (Å²) in [5.74, 6) is -0.233. The maximum Gasteiger partial charge on any atom is 0.244 e. The fraction of sp³-hybridized carbons (Fsp3) is 0.478. The standard InChI is InChI=1S/C23H31N5O2/c1-5-14-27(16-22(29)25-21-10-7-6-9-17(21)2)23(30)12-11-20-18(3)26-28(19(20)4)15-8-13-24/h6-7,9-10H,5,8,11-12,14-16H2,1-4H3,(H,25,29). The van der Waals surface area contributed by atoms with Crippen LogP contribution >= 0.6 is 0 Å². The van der Waals surface area contributed by atoms with E-state index < -0.39 is 0 Å². The fourth-order valence-electron chi connectivity index (χ4n) is 3.50. The average Bonchev–Trinajstić information content (AvgIpc) is 2.98. The zero-order valence-corrected chi connectivity index (χ0v) is 18.4. The Morgan fingerprint density at radius 3 is 2.63 bits per heavy atom. The van der Waals surface area contributed by atoms with Crippen molar-refractivity contribution < 1.29 is 9.59 Å². The number of nitriles is 1. The van der Waals surface area contributed by atoms with Gasteiger partial charge < -0.3 is 10.2 Å². The Morgan fingerprint density at radius 2 is 1.97 bits per heavy atom. The number of aromatic nitrogens is 2. The quantitative estimate of drug-likeness (QED) is 0.650. The number of para-hydroxylation sites is 1. The van der Waals surface area contributed by atoms with Crippen molar-refractivity contribution in [1.82, 2.24) is 14.7 Å². The third kappa shape index (κ3) is 6.18. The van der Waals surface area contributed by atoms with E-state index in [0.29, 0.717) is 32.4 Å². The number of amides is 2. The van der Waals surface area contributed by atoms with E-state index in [1.54, 1.807) is 4.90 Å². The van der Waals surface area contributed by atoms with E-state index in [2.05, 4.69) is 16.5 Å². The molecule has 0 bridgehead atoms. The van der Waals surface area contributed by atoms with E-state index >= 15 is 0 Å². The zero-order valence-electron chi connectivity index (χ0n) is 18.4. The van der Waals surface area contributed by atoms with Crippen molar-refractivity contribution in [3.63, 3.8) is 0 Å². The summed E-state index contributed by atoms with van der Waals surface area (Å²) in [7, 11) is 0. The second-order valence-electron chi connectivity index (χ2n) is 7.46. The van der Waals surface area contributed by atoms with Crippen LogP contribution in [0.1, 0.15) is 48.7 Å². The van der Waals surface area contributed by atoms with Crippen molar-refractivity contribution in [3.05, 3.63) is 46.8 Å². The average molecular weight is 410 g/mol. The molecule has 7 heteroatoms. The minimum atomic E-state index is -0.192. The first kappa shape index (κ1) is 23.1. The highest BCUT2D eigenvalue weighted by Crippen LogP contribution is 2.17. The van der Waals surface area contributed by atoms with Gasteiger partial charge in [-0.15, -0.1) is 0 Å². The van der Waals surface area contributed by atoms with Crippen LogP contribution in [-0.4, -0.2) is 39.6 Å². The number of hydrogen-bond acceptors (Lipinski definition) is 4. The third-order valence-corrected chi connectivity index (χ3v) is 5.16. The number of carbonyl (C=O) groups excluding carboxylic acids is 2. The fourth-order valence-corrected chi connectivity index (χ4v) is 3.50. The van der Waals surface area contributed by atoms with Gasteiger partial charge in [-0.25, -0.2) is 0 Å². The molecule has 0 fully saturated rings. The molecule has 0 atom stereocenters. The highest BCUT2D eigenvalue weighted by Gasteiger charge is 2.19. The molecule has 7 nitrogen and oxygen atoms in total. The van der Waals surface area contributed by atoms with Gasteiger partial charge in [-0.2, -0.15) is 10.4 Å². The molecule has 1 aromatic heterocycles. The van der Waals surface area contributed by atoms with Crippen LogP contribution in [0.15, 0.2) is 24.3 Å². The Bertz CT molecular complexity index is 926. The Labute approximate surface area is 178 Å². The van der Waals surface area contributed by atoms with Crippen molar-refractivity contribution in [2.24, 2.45) is 0 Å². The smallest absolute Gasteiger partial charge is 0.244 e. The Balaban J connectivity index is 1.99. The molecular formula is C23H31N5O2. The number of nitrogens with zero attached hydrogens (tertiary/aromatic N) is 4. The summed E-state index contributed by atoms with van der Waals surface area (Å²) >= 11 is 0. The van der Waals surface area contributed by atoms with Crippen LogP contribution in [0.5, 0.6) is 0 Å². The summed E-state index contributed by atoms with van der Waals surface area (Å²) in [5, 5.41) is 16.2. The van der Waals surface area contributed by atoms with Crippen LogP contribution in [-0.2, 0) is 22.6 Å². The molecule has 1 aromatic carbocycles. The van der Waals surface area contributed by atoms with Crippen LogP contribution < -0.4 is 5.32 Å². The second kappa shape index (κ2) is 11.1. The topological polar surface area (TPSA) is 91.0 Å². The number of carbonyl (C=O) groups is 2. The van der Waals surface area contributed by atoms with E-state index in [0.717, 1.165) is 34.6 Å². The van der Waals surface area contributed by atoms with Crippen LogP contribution in [0.25, 0.3) is 0 Å². The monoisotopic (exact) mass is 409 g/mol. The molecule has 0 saturated carbocycles. The molecule has 0 aliphatic carbocycles. The molecule has 0 aliphatic heterocycles. The first-order valence-electron chi connectivity index (χ1n) is 10.4. The lowest BCUT2D eigenvalue weighted by atomic mass is 10.1. The molecule has 0 saturated heterocycles. The molecular weight excluding hydrogens is 378 g/mol. The summed E-state index contributed by atoms with van der Waals surface area (Å²) in [6.45, 7) is 8.96. The van der Waals surface area contributed by atoms with Crippen LogP contribution in [0.3, 0.4) is 0 Å². The van der Waals surface area contributed by atoms with Crippen LogP contribution in [0.4, 0.5) is 5.69 Å².